The number of alkyl halides is 2. The lowest BCUT2D eigenvalue weighted by Gasteiger charge is -2.30. The Morgan fingerprint density at radius 1 is 1.50 bits per heavy atom. The van der Waals surface area contributed by atoms with E-state index in [1.165, 1.54) is 12.3 Å². The van der Waals surface area contributed by atoms with Crippen LogP contribution in [0.5, 0.6) is 5.75 Å². The number of hydrogen-bond donors (Lipinski definition) is 1. The largest absolute Gasteiger partial charge is 0.487 e. The van der Waals surface area contributed by atoms with Crippen molar-refractivity contribution in [2.45, 2.75) is 38.5 Å². The molecule has 1 saturated carbocycles. The van der Waals surface area contributed by atoms with Gasteiger partial charge in [0.05, 0.1) is 18.2 Å². The summed E-state index contributed by atoms with van der Waals surface area (Å²) in [7, 11) is 0. The lowest BCUT2D eigenvalue weighted by atomic mass is 9.86. The number of aromatic amines is 1. The fourth-order valence-corrected chi connectivity index (χ4v) is 2.30. The van der Waals surface area contributed by atoms with Crippen molar-refractivity contribution in [2.75, 3.05) is 6.61 Å². The smallest absolute Gasteiger partial charge is 0.254 e. The number of aryl methyl sites for hydroxylation is 1. The second-order valence-electron chi connectivity index (χ2n) is 4.81. The Labute approximate surface area is 104 Å². The predicted octanol–water partition coefficient (Wildman–Crippen LogP) is 2.89. The lowest BCUT2D eigenvalue weighted by Crippen LogP contribution is -2.36. The first kappa shape index (κ1) is 13.1. The molecule has 0 spiro atoms. The van der Waals surface area contributed by atoms with Gasteiger partial charge >= 0.3 is 0 Å². The highest BCUT2D eigenvalue weighted by Gasteiger charge is 2.41. The molecule has 0 amide bonds. The third-order valence-corrected chi connectivity index (χ3v) is 3.44. The molecular formula is C13H17F2NO2. The van der Waals surface area contributed by atoms with Gasteiger partial charge in [-0.25, -0.2) is 8.78 Å². The fraction of sp³-hybridized carbons (Fsp3) is 0.615. The lowest BCUT2D eigenvalue weighted by molar-refractivity contribution is -0.0980. The van der Waals surface area contributed by atoms with Crippen LogP contribution in [0.15, 0.2) is 17.1 Å². The Morgan fingerprint density at radius 3 is 2.94 bits per heavy atom. The number of rotatable bonds is 3. The van der Waals surface area contributed by atoms with Crippen LogP contribution in [0.25, 0.3) is 0 Å². The van der Waals surface area contributed by atoms with Gasteiger partial charge in [-0.15, -0.1) is 0 Å². The van der Waals surface area contributed by atoms with Gasteiger partial charge in [-0.2, -0.15) is 0 Å². The monoisotopic (exact) mass is 257 g/mol. The molecule has 1 aliphatic carbocycles. The Hall–Kier alpha value is -1.39. The molecule has 1 unspecified atom stereocenters. The zero-order chi connectivity index (χ0) is 13.2. The number of ether oxygens (including phenoxy) is 1. The highest BCUT2D eigenvalue weighted by atomic mass is 19.3. The third-order valence-electron chi connectivity index (χ3n) is 3.44. The molecule has 5 heteroatoms. The second-order valence-corrected chi connectivity index (χ2v) is 4.81. The van der Waals surface area contributed by atoms with Crippen molar-refractivity contribution in [3.05, 3.63) is 28.2 Å². The molecule has 0 bridgehead atoms. The molecule has 1 N–H and O–H groups in total. The van der Waals surface area contributed by atoms with Gasteiger partial charge in [-0.05, 0) is 19.8 Å². The van der Waals surface area contributed by atoms with Crippen molar-refractivity contribution in [3.8, 4) is 5.75 Å². The molecule has 0 radical (unpaired) electrons. The Balaban J connectivity index is 2.05. The summed E-state index contributed by atoms with van der Waals surface area (Å²) in [6.07, 6.45) is 3.25. The van der Waals surface area contributed by atoms with Crippen molar-refractivity contribution >= 4 is 0 Å². The second kappa shape index (κ2) is 5.08. The van der Waals surface area contributed by atoms with Gasteiger partial charge in [0.1, 0.15) is 0 Å². The summed E-state index contributed by atoms with van der Waals surface area (Å²) in [4.78, 5) is 14.4. The summed E-state index contributed by atoms with van der Waals surface area (Å²) < 4.78 is 32.5. The Bertz CT molecular complexity index is 470. The summed E-state index contributed by atoms with van der Waals surface area (Å²) in [5.74, 6) is -3.31. The molecule has 1 fully saturated rings. The molecule has 0 aliphatic heterocycles. The minimum Gasteiger partial charge on any atom is -0.487 e. The van der Waals surface area contributed by atoms with Crippen molar-refractivity contribution in [3.63, 3.8) is 0 Å². The SMILES string of the molecule is Cc1[nH]ccc(=O)c1OCC1CCCCC1(F)F. The van der Waals surface area contributed by atoms with Crippen molar-refractivity contribution in [2.24, 2.45) is 5.92 Å². The van der Waals surface area contributed by atoms with Crippen LogP contribution < -0.4 is 10.2 Å². The molecular weight excluding hydrogens is 240 g/mol. The van der Waals surface area contributed by atoms with E-state index < -0.39 is 11.8 Å². The Morgan fingerprint density at radius 2 is 2.28 bits per heavy atom. The predicted molar refractivity (Wildman–Crippen MR) is 64.2 cm³/mol. The molecule has 100 valence electrons. The molecule has 1 heterocycles. The van der Waals surface area contributed by atoms with E-state index in [9.17, 15) is 13.6 Å². The van der Waals surface area contributed by atoms with Crippen molar-refractivity contribution < 1.29 is 13.5 Å². The van der Waals surface area contributed by atoms with E-state index in [-0.39, 0.29) is 24.2 Å². The average molecular weight is 257 g/mol. The number of halogens is 2. The first-order valence-electron chi connectivity index (χ1n) is 6.19. The number of hydrogen-bond acceptors (Lipinski definition) is 2. The van der Waals surface area contributed by atoms with Crippen LogP contribution in [-0.2, 0) is 0 Å². The summed E-state index contributed by atoms with van der Waals surface area (Å²) in [6, 6.07) is 1.33. The maximum absolute atomic E-state index is 13.6. The fourth-order valence-electron chi connectivity index (χ4n) is 2.30. The van der Waals surface area contributed by atoms with Crippen LogP contribution in [0.2, 0.25) is 0 Å². The van der Waals surface area contributed by atoms with Crippen molar-refractivity contribution in [1.82, 2.24) is 4.98 Å². The molecule has 0 saturated heterocycles. The van der Waals surface area contributed by atoms with E-state index in [4.69, 9.17) is 4.74 Å². The summed E-state index contributed by atoms with van der Waals surface area (Å²) >= 11 is 0. The first-order valence-corrected chi connectivity index (χ1v) is 6.19. The molecule has 0 aromatic carbocycles. The van der Waals surface area contributed by atoms with Crippen molar-refractivity contribution in [1.29, 1.82) is 0 Å². The standard InChI is InChI=1S/C13H17F2NO2/c1-9-12(11(17)5-7-16-9)18-8-10-4-2-3-6-13(10,14)15/h5,7,10H,2-4,6,8H2,1H3,(H,16,17). The number of aromatic nitrogens is 1. The van der Waals surface area contributed by atoms with Gasteiger partial charge in [0, 0.05) is 18.7 Å². The topological polar surface area (TPSA) is 42.1 Å². The summed E-state index contributed by atoms with van der Waals surface area (Å²) in [5.41, 5.74) is 0.298. The minimum atomic E-state index is -2.67. The average Bonchev–Trinajstić information content (AvgIpc) is 2.30. The molecule has 2 rings (SSSR count). The van der Waals surface area contributed by atoms with Crippen LogP contribution >= 0.6 is 0 Å². The molecule has 18 heavy (non-hydrogen) atoms. The third kappa shape index (κ3) is 2.71. The molecule has 3 nitrogen and oxygen atoms in total. The molecule has 1 aliphatic rings. The highest BCUT2D eigenvalue weighted by molar-refractivity contribution is 5.25. The summed E-state index contributed by atoms with van der Waals surface area (Å²) in [6.45, 7) is 1.59. The van der Waals surface area contributed by atoms with Gasteiger partial charge in [-0.3, -0.25) is 4.79 Å². The van der Waals surface area contributed by atoms with Gasteiger partial charge in [0.25, 0.3) is 5.92 Å². The van der Waals surface area contributed by atoms with E-state index in [2.05, 4.69) is 4.98 Å². The molecule has 1 atom stereocenters. The van der Waals surface area contributed by atoms with Gasteiger partial charge < -0.3 is 9.72 Å². The Kier molecular flexibility index (Phi) is 3.68. The van der Waals surface area contributed by atoms with E-state index >= 15 is 0 Å². The maximum atomic E-state index is 13.6. The maximum Gasteiger partial charge on any atom is 0.254 e. The van der Waals surface area contributed by atoms with Crippen LogP contribution in [-0.4, -0.2) is 17.5 Å². The van der Waals surface area contributed by atoms with E-state index in [0.29, 0.717) is 18.5 Å². The van der Waals surface area contributed by atoms with Crippen LogP contribution in [0.4, 0.5) is 8.78 Å². The zero-order valence-corrected chi connectivity index (χ0v) is 10.3. The quantitative estimate of drug-likeness (QED) is 0.904. The number of nitrogens with one attached hydrogen (secondary N) is 1. The first-order chi connectivity index (χ1) is 8.50. The molecule has 1 aromatic rings. The van der Waals surface area contributed by atoms with Gasteiger partial charge in [0.15, 0.2) is 5.75 Å². The van der Waals surface area contributed by atoms with E-state index in [0.717, 1.165) is 6.42 Å². The molecule has 1 aromatic heterocycles. The van der Waals surface area contributed by atoms with Crippen LogP contribution in [0.3, 0.4) is 0 Å². The van der Waals surface area contributed by atoms with E-state index in [1.807, 2.05) is 0 Å². The van der Waals surface area contributed by atoms with E-state index in [1.54, 1.807) is 6.92 Å². The number of pyridine rings is 1. The zero-order valence-electron chi connectivity index (χ0n) is 10.3. The normalized spacial score (nSPS) is 22.7. The van der Waals surface area contributed by atoms with Crippen LogP contribution in [0.1, 0.15) is 31.4 Å². The minimum absolute atomic E-state index is 0.0782. The highest BCUT2D eigenvalue weighted by Crippen LogP contribution is 2.38. The summed E-state index contributed by atoms with van der Waals surface area (Å²) in [5, 5.41) is 0. The number of H-pyrrole nitrogens is 1. The van der Waals surface area contributed by atoms with Gasteiger partial charge in [-0.1, -0.05) is 6.42 Å². The van der Waals surface area contributed by atoms with Gasteiger partial charge in [0.2, 0.25) is 5.43 Å². The van der Waals surface area contributed by atoms with Crippen LogP contribution in [0, 0.1) is 12.8 Å².